The summed E-state index contributed by atoms with van der Waals surface area (Å²) in [6.45, 7) is 1.91. The van der Waals surface area contributed by atoms with Crippen molar-refractivity contribution in [3.05, 3.63) is 35.4 Å². The number of alkyl halides is 1. The number of primary sulfonamides is 1. The number of aryl methyl sites for hydroxylation is 1. The standard InChI is InChI=1S/C8H10ClNO2S/c1-6-2-4-7(5-3-6)8(9)13(10,11)12/h2-5,8H,1H3,(H2,10,11,12). The summed E-state index contributed by atoms with van der Waals surface area (Å²) in [5.74, 6) is 0. The van der Waals surface area contributed by atoms with E-state index in [0.29, 0.717) is 5.56 Å². The highest BCUT2D eigenvalue weighted by molar-refractivity contribution is 7.90. The zero-order valence-electron chi connectivity index (χ0n) is 7.07. The van der Waals surface area contributed by atoms with E-state index in [-0.39, 0.29) is 0 Å². The summed E-state index contributed by atoms with van der Waals surface area (Å²) in [5.41, 5.74) is 1.54. The van der Waals surface area contributed by atoms with Crippen LogP contribution in [0.5, 0.6) is 0 Å². The molecule has 0 aliphatic carbocycles. The minimum Gasteiger partial charge on any atom is -0.227 e. The third kappa shape index (κ3) is 2.69. The Morgan fingerprint density at radius 3 is 2.15 bits per heavy atom. The average molecular weight is 220 g/mol. The largest absolute Gasteiger partial charge is 0.230 e. The molecule has 1 aromatic carbocycles. The van der Waals surface area contributed by atoms with Crippen LogP contribution in [0.1, 0.15) is 15.8 Å². The lowest BCUT2D eigenvalue weighted by Gasteiger charge is -2.06. The van der Waals surface area contributed by atoms with E-state index in [2.05, 4.69) is 0 Å². The molecule has 3 nitrogen and oxygen atoms in total. The van der Waals surface area contributed by atoms with E-state index in [4.69, 9.17) is 16.7 Å². The fourth-order valence-electron chi connectivity index (χ4n) is 0.907. The van der Waals surface area contributed by atoms with Crippen molar-refractivity contribution < 1.29 is 8.42 Å². The molecule has 1 atom stereocenters. The molecule has 0 aliphatic rings. The first-order chi connectivity index (χ1) is 5.91. The molecule has 1 unspecified atom stereocenters. The lowest BCUT2D eigenvalue weighted by atomic mass is 10.2. The van der Waals surface area contributed by atoms with Crippen LogP contribution in [0, 0.1) is 6.92 Å². The van der Waals surface area contributed by atoms with Crippen LogP contribution in [-0.4, -0.2) is 8.42 Å². The number of hydrogen-bond donors (Lipinski definition) is 1. The van der Waals surface area contributed by atoms with Gasteiger partial charge in [-0.3, -0.25) is 0 Å². The minimum absolute atomic E-state index is 0.495. The first kappa shape index (κ1) is 10.5. The fraction of sp³-hybridized carbons (Fsp3) is 0.250. The average Bonchev–Trinajstić information content (AvgIpc) is 2.03. The molecule has 1 aromatic rings. The Labute approximate surface area is 82.6 Å². The van der Waals surface area contributed by atoms with Crippen molar-refractivity contribution in [1.82, 2.24) is 0 Å². The highest BCUT2D eigenvalue weighted by Crippen LogP contribution is 2.24. The Kier molecular flexibility index (Phi) is 2.95. The lowest BCUT2D eigenvalue weighted by Crippen LogP contribution is -2.17. The second kappa shape index (κ2) is 3.65. The molecule has 0 spiro atoms. The number of hydrogen-bond acceptors (Lipinski definition) is 2. The Bertz CT molecular complexity index is 385. The number of sulfonamides is 1. The van der Waals surface area contributed by atoms with Crippen molar-refractivity contribution in [3.8, 4) is 0 Å². The maximum Gasteiger partial charge on any atom is 0.230 e. The van der Waals surface area contributed by atoms with Crippen LogP contribution in [0.15, 0.2) is 24.3 Å². The number of halogens is 1. The van der Waals surface area contributed by atoms with Crippen LogP contribution >= 0.6 is 11.6 Å². The van der Waals surface area contributed by atoms with Gasteiger partial charge in [0.2, 0.25) is 10.0 Å². The second-order valence-electron chi connectivity index (χ2n) is 2.82. The molecule has 0 aromatic heterocycles. The van der Waals surface area contributed by atoms with Crippen LogP contribution in [0.4, 0.5) is 0 Å². The molecule has 0 aliphatic heterocycles. The van der Waals surface area contributed by atoms with Crippen LogP contribution in [0.3, 0.4) is 0 Å². The quantitative estimate of drug-likeness (QED) is 0.767. The molecule has 0 fully saturated rings. The maximum atomic E-state index is 10.9. The van der Waals surface area contributed by atoms with E-state index in [1.165, 1.54) is 0 Å². The summed E-state index contributed by atoms with van der Waals surface area (Å²) < 4.78 is 20.6. The monoisotopic (exact) mass is 219 g/mol. The van der Waals surface area contributed by atoms with Gasteiger partial charge in [0, 0.05) is 0 Å². The topological polar surface area (TPSA) is 60.2 Å². The molecular formula is C8H10ClNO2S. The van der Waals surface area contributed by atoms with Crippen molar-refractivity contribution in [2.45, 2.75) is 11.6 Å². The van der Waals surface area contributed by atoms with Crippen LogP contribution in [0.2, 0.25) is 0 Å². The summed E-state index contributed by atoms with van der Waals surface area (Å²) in [6, 6.07) is 6.88. The zero-order chi connectivity index (χ0) is 10.1. The summed E-state index contributed by atoms with van der Waals surface area (Å²) in [5, 5.41) is 4.89. The predicted octanol–water partition coefficient (Wildman–Crippen LogP) is 1.52. The molecule has 1 rings (SSSR count). The highest BCUT2D eigenvalue weighted by atomic mass is 35.5. The summed E-state index contributed by atoms with van der Waals surface area (Å²) in [6.07, 6.45) is 0. The third-order valence-electron chi connectivity index (χ3n) is 1.63. The van der Waals surface area contributed by atoms with Gasteiger partial charge in [-0.05, 0) is 12.5 Å². The van der Waals surface area contributed by atoms with Crippen LogP contribution in [0.25, 0.3) is 0 Å². The van der Waals surface area contributed by atoms with Gasteiger partial charge in [0.15, 0.2) is 4.71 Å². The van der Waals surface area contributed by atoms with E-state index < -0.39 is 14.7 Å². The Balaban J connectivity index is 3.04. The smallest absolute Gasteiger partial charge is 0.227 e. The van der Waals surface area contributed by atoms with Gasteiger partial charge in [0.1, 0.15) is 0 Å². The van der Waals surface area contributed by atoms with Gasteiger partial charge in [0.05, 0.1) is 0 Å². The van der Waals surface area contributed by atoms with Gasteiger partial charge in [0.25, 0.3) is 0 Å². The summed E-state index contributed by atoms with van der Waals surface area (Å²) in [4.78, 5) is 0. The van der Waals surface area contributed by atoms with Crippen LogP contribution < -0.4 is 5.14 Å². The van der Waals surface area contributed by atoms with Gasteiger partial charge in [-0.2, -0.15) is 0 Å². The van der Waals surface area contributed by atoms with Gasteiger partial charge in [-0.15, -0.1) is 0 Å². The van der Waals surface area contributed by atoms with Crippen molar-refractivity contribution >= 4 is 21.6 Å². The van der Waals surface area contributed by atoms with Crippen molar-refractivity contribution in [1.29, 1.82) is 0 Å². The fourth-order valence-corrected chi connectivity index (χ4v) is 1.59. The molecule has 13 heavy (non-hydrogen) atoms. The Morgan fingerprint density at radius 1 is 1.31 bits per heavy atom. The number of benzene rings is 1. The molecule has 0 heterocycles. The maximum absolute atomic E-state index is 10.9. The normalized spacial score (nSPS) is 14.1. The molecule has 0 radical (unpaired) electrons. The van der Waals surface area contributed by atoms with Gasteiger partial charge in [-0.25, -0.2) is 13.6 Å². The zero-order valence-corrected chi connectivity index (χ0v) is 8.64. The van der Waals surface area contributed by atoms with Gasteiger partial charge < -0.3 is 0 Å². The number of nitrogens with two attached hydrogens (primary N) is 1. The van der Waals surface area contributed by atoms with E-state index >= 15 is 0 Å². The molecule has 72 valence electrons. The number of rotatable bonds is 2. The highest BCUT2D eigenvalue weighted by Gasteiger charge is 2.19. The van der Waals surface area contributed by atoms with E-state index in [0.717, 1.165) is 5.56 Å². The Hall–Kier alpha value is -0.580. The van der Waals surface area contributed by atoms with Crippen molar-refractivity contribution in [3.63, 3.8) is 0 Å². The predicted molar refractivity (Wildman–Crippen MR) is 52.9 cm³/mol. The van der Waals surface area contributed by atoms with Crippen molar-refractivity contribution in [2.24, 2.45) is 5.14 Å². The lowest BCUT2D eigenvalue weighted by molar-refractivity contribution is 0.595. The second-order valence-corrected chi connectivity index (χ2v) is 5.16. The van der Waals surface area contributed by atoms with Gasteiger partial charge in [-0.1, -0.05) is 41.4 Å². The van der Waals surface area contributed by atoms with Crippen LogP contribution in [-0.2, 0) is 10.0 Å². The Morgan fingerprint density at radius 2 is 1.77 bits per heavy atom. The SMILES string of the molecule is Cc1ccc(C(Cl)S(N)(=O)=O)cc1. The van der Waals surface area contributed by atoms with E-state index in [1.54, 1.807) is 24.3 Å². The molecule has 5 heteroatoms. The first-order valence-electron chi connectivity index (χ1n) is 3.63. The van der Waals surface area contributed by atoms with E-state index in [9.17, 15) is 8.42 Å². The summed E-state index contributed by atoms with van der Waals surface area (Å²) >= 11 is 5.62. The molecule has 2 N–H and O–H groups in total. The minimum atomic E-state index is -3.70. The first-order valence-corrected chi connectivity index (χ1v) is 5.68. The molecular weight excluding hydrogens is 210 g/mol. The van der Waals surface area contributed by atoms with Gasteiger partial charge >= 0.3 is 0 Å². The molecule has 0 saturated heterocycles. The molecule has 0 saturated carbocycles. The van der Waals surface area contributed by atoms with E-state index in [1.807, 2.05) is 6.92 Å². The third-order valence-corrected chi connectivity index (χ3v) is 3.47. The summed E-state index contributed by atoms with van der Waals surface area (Å²) in [7, 11) is -3.70. The molecule has 0 amide bonds. The van der Waals surface area contributed by atoms with Crippen molar-refractivity contribution in [2.75, 3.05) is 0 Å². The molecule has 0 bridgehead atoms.